The van der Waals surface area contributed by atoms with Gasteiger partial charge in [-0.2, -0.15) is 9.57 Å². The number of nitrogens with one attached hydrogen (secondary N) is 2. The van der Waals surface area contributed by atoms with Crippen LogP contribution in [0.15, 0.2) is 59.9 Å². The normalized spacial score (nSPS) is 18.2. The fourth-order valence-corrected chi connectivity index (χ4v) is 6.70. The van der Waals surface area contributed by atoms with E-state index in [0.29, 0.717) is 37.1 Å². The molecule has 36 heavy (non-hydrogen) atoms. The highest BCUT2D eigenvalue weighted by atomic mass is 35.5. The Morgan fingerprint density at radius 3 is 2.56 bits per heavy atom. The topological polar surface area (TPSA) is 119 Å². The van der Waals surface area contributed by atoms with Gasteiger partial charge in [0.2, 0.25) is 15.9 Å². The lowest BCUT2D eigenvalue weighted by Gasteiger charge is -2.35. The van der Waals surface area contributed by atoms with E-state index in [1.54, 1.807) is 24.7 Å². The molecule has 0 bridgehead atoms. The van der Waals surface area contributed by atoms with E-state index in [2.05, 4.69) is 21.4 Å². The quantitative estimate of drug-likeness (QED) is 0.459. The van der Waals surface area contributed by atoms with Gasteiger partial charge >= 0.3 is 0 Å². The Bertz CT molecular complexity index is 1370. The molecule has 1 saturated heterocycles. The van der Waals surface area contributed by atoms with Crippen molar-refractivity contribution in [3.05, 3.63) is 81.9 Å². The zero-order valence-corrected chi connectivity index (χ0v) is 21.9. The third-order valence-electron chi connectivity index (χ3n) is 6.36. The van der Waals surface area contributed by atoms with E-state index in [1.807, 2.05) is 19.1 Å². The molecule has 0 spiro atoms. The first-order valence-electron chi connectivity index (χ1n) is 11.4. The van der Waals surface area contributed by atoms with E-state index in [-0.39, 0.29) is 27.4 Å². The van der Waals surface area contributed by atoms with Crippen molar-refractivity contribution in [3.8, 4) is 6.07 Å². The van der Waals surface area contributed by atoms with Gasteiger partial charge in [-0.25, -0.2) is 13.4 Å². The average Bonchev–Trinajstić information content (AvgIpc) is 3.40. The van der Waals surface area contributed by atoms with Crippen LogP contribution in [0.1, 0.15) is 36.6 Å². The summed E-state index contributed by atoms with van der Waals surface area (Å²) in [6.45, 7) is 2.25. The lowest BCUT2D eigenvalue weighted by Crippen LogP contribution is -2.51. The number of aromatic amines is 1. The monoisotopic (exact) mass is 545 g/mol. The number of nitrogens with zero attached hydrogens (tertiary/aromatic N) is 3. The molecule has 0 saturated carbocycles. The number of sulfonamides is 1. The fraction of sp³-hybridized carbons (Fsp3) is 0.320. The van der Waals surface area contributed by atoms with Crippen LogP contribution < -0.4 is 5.32 Å². The molecule has 3 aromatic rings. The predicted molar refractivity (Wildman–Crippen MR) is 137 cm³/mol. The number of carbonyl (C=O) groups is 1. The molecule has 2 aromatic carbocycles. The molecule has 4 rings (SSSR count). The number of imidazole rings is 1. The van der Waals surface area contributed by atoms with E-state index >= 15 is 0 Å². The number of hydrogen-bond donors (Lipinski definition) is 2. The zero-order valence-electron chi connectivity index (χ0n) is 19.5. The molecular weight excluding hydrogens is 521 g/mol. The van der Waals surface area contributed by atoms with Crippen molar-refractivity contribution < 1.29 is 13.2 Å². The number of amides is 1. The van der Waals surface area contributed by atoms with Crippen LogP contribution in [0, 0.1) is 17.2 Å². The Balaban J connectivity index is 1.54. The Hall–Kier alpha value is -2.90. The standard InChI is InChI=1S/C25H25Cl2N5O3S/c1-25(23-14-29-16-30-23,12-17-4-6-18(13-28)7-5-17)31-24(33)19-3-2-8-32(15-19)36(34,35)22-10-20(26)9-21(27)11-22/h4-7,9-11,14,16,19H,2-3,8,12,15H2,1H3,(H,29,30)(H,31,33)/t19-,25?/m0/s1. The van der Waals surface area contributed by atoms with Crippen molar-refractivity contribution in [3.63, 3.8) is 0 Å². The summed E-state index contributed by atoms with van der Waals surface area (Å²) in [5.74, 6) is -0.781. The van der Waals surface area contributed by atoms with Gasteiger partial charge in [-0.05, 0) is 55.7 Å². The lowest BCUT2D eigenvalue weighted by atomic mass is 9.88. The summed E-state index contributed by atoms with van der Waals surface area (Å²) in [7, 11) is -3.87. The van der Waals surface area contributed by atoms with Gasteiger partial charge in [0.25, 0.3) is 0 Å². The highest BCUT2D eigenvalue weighted by Crippen LogP contribution is 2.30. The molecule has 1 fully saturated rings. The third kappa shape index (κ3) is 5.73. The van der Waals surface area contributed by atoms with Crippen LogP contribution in [0.25, 0.3) is 0 Å². The zero-order chi connectivity index (χ0) is 25.9. The number of nitriles is 1. The van der Waals surface area contributed by atoms with Gasteiger partial charge in [0.15, 0.2) is 0 Å². The summed E-state index contributed by atoms with van der Waals surface area (Å²) >= 11 is 12.0. The molecule has 2 atom stereocenters. The van der Waals surface area contributed by atoms with Crippen molar-refractivity contribution in [1.29, 1.82) is 5.26 Å². The minimum atomic E-state index is -3.87. The van der Waals surface area contributed by atoms with Crippen LogP contribution in [0.2, 0.25) is 10.0 Å². The molecule has 0 radical (unpaired) electrons. The molecule has 1 aromatic heterocycles. The van der Waals surface area contributed by atoms with Crippen molar-refractivity contribution in [1.82, 2.24) is 19.6 Å². The number of H-pyrrole nitrogens is 1. The molecule has 1 unspecified atom stereocenters. The highest BCUT2D eigenvalue weighted by molar-refractivity contribution is 7.89. The molecule has 1 aliphatic heterocycles. The summed E-state index contributed by atoms with van der Waals surface area (Å²) < 4.78 is 27.8. The third-order valence-corrected chi connectivity index (χ3v) is 8.64. The molecule has 1 aliphatic rings. The smallest absolute Gasteiger partial charge is 0.243 e. The first kappa shape index (κ1) is 26.2. The number of halogens is 2. The summed E-state index contributed by atoms with van der Waals surface area (Å²) in [5, 5.41) is 12.7. The molecule has 188 valence electrons. The van der Waals surface area contributed by atoms with Crippen molar-refractivity contribution >= 4 is 39.1 Å². The number of piperidine rings is 1. The van der Waals surface area contributed by atoms with Crippen molar-refractivity contribution in [2.45, 2.75) is 36.6 Å². The molecule has 0 aliphatic carbocycles. The maximum absolute atomic E-state index is 13.5. The maximum atomic E-state index is 13.5. The van der Waals surface area contributed by atoms with Crippen LogP contribution in [0.3, 0.4) is 0 Å². The van der Waals surface area contributed by atoms with Gasteiger partial charge < -0.3 is 10.3 Å². The minimum absolute atomic E-state index is 0.00386. The van der Waals surface area contributed by atoms with E-state index < -0.39 is 21.5 Å². The van der Waals surface area contributed by atoms with E-state index in [9.17, 15) is 13.2 Å². The number of benzene rings is 2. The second kappa shape index (κ2) is 10.6. The molecule has 1 amide bonds. The van der Waals surface area contributed by atoms with Gasteiger partial charge in [0.1, 0.15) is 0 Å². The molecular formula is C25H25Cl2N5O3S. The minimum Gasteiger partial charge on any atom is -0.347 e. The summed E-state index contributed by atoms with van der Waals surface area (Å²) in [6.07, 6.45) is 4.75. The van der Waals surface area contributed by atoms with Gasteiger partial charge in [0.05, 0.1) is 46.2 Å². The van der Waals surface area contributed by atoms with Crippen molar-refractivity contribution in [2.75, 3.05) is 13.1 Å². The van der Waals surface area contributed by atoms with Crippen LogP contribution in [-0.4, -0.2) is 41.7 Å². The molecule has 2 heterocycles. The Morgan fingerprint density at radius 2 is 1.94 bits per heavy atom. The lowest BCUT2D eigenvalue weighted by molar-refractivity contribution is -0.128. The van der Waals surface area contributed by atoms with Crippen molar-refractivity contribution in [2.24, 2.45) is 5.92 Å². The largest absolute Gasteiger partial charge is 0.347 e. The van der Waals surface area contributed by atoms with E-state index in [4.69, 9.17) is 28.5 Å². The van der Waals surface area contributed by atoms with E-state index in [0.717, 1.165) is 5.56 Å². The number of carbonyl (C=O) groups excluding carboxylic acids is 1. The molecule has 8 nitrogen and oxygen atoms in total. The Labute approximate surface area is 220 Å². The number of hydrogen-bond acceptors (Lipinski definition) is 5. The summed E-state index contributed by atoms with van der Waals surface area (Å²) in [6, 6.07) is 13.5. The average molecular weight is 546 g/mol. The van der Waals surface area contributed by atoms with E-state index in [1.165, 1.54) is 22.5 Å². The van der Waals surface area contributed by atoms with Gasteiger partial charge in [-0.3, -0.25) is 4.79 Å². The molecule has 11 heteroatoms. The van der Waals surface area contributed by atoms with Crippen LogP contribution in [0.5, 0.6) is 0 Å². The number of rotatable bonds is 7. The second-order valence-electron chi connectivity index (χ2n) is 9.08. The molecule has 2 N–H and O–H groups in total. The Morgan fingerprint density at radius 1 is 1.25 bits per heavy atom. The van der Waals surface area contributed by atoms with Crippen LogP contribution in [-0.2, 0) is 26.8 Å². The predicted octanol–water partition coefficient (Wildman–Crippen LogP) is 4.26. The first-order valence-corrected chi connectivity index (χ1v) is 13.6. The fourth-order valence-electron chi connectivity index (χ4n) is 4.45. The van der Waals surface area contributed by atoms with Gasteiger partial charge in [0, 0.05) is 29.6 Å². The SMILES string of the molecule is CC(Cc1ccc(C#N)cc1)(NC(=O)[C@H]1CCCN(S(=O)(=O)c2cc(Cl)cc(Cl)c2)C1)c1cnc[nH]1. The second-order valence-corrected chi connectivity index (χ2v) is 11.9. The summed E-state index contributed by atoms with van der Waals surface area (Å²) in [4.78, 5) is 20.7. The van der Waals surface area contributed by atoms with Crippen LogP contribution in [0.4, 0.5) is 0 Å². The maximum Gasteiger partial charge on any atom is 0.243 e. The van der Waals surface area contributed by atoms with Crippen LogP contribution >= 0.6 is 23.2 Å². The van der Waals surface area contributed by atoms with Gasteiger partial charge in [-0.15, -0.1) is 0 Å². The number of aromatic nitrogens is 2. The Kier molecular flexibility index (Phi) is 7.71. The first-order chi connectivity index (χ1) is 17.1. The highest BCUT2D eigenvalue weighted by Gasteiger charge is 2.37. The summed E-state index contributed by atoms with van der Waals surface area (Å²) in [5.41, 5.74) is 1.37. The van der Waals surface area contributed by atoms with Gasteiger partial charge in [-0.1, -0.05) is 35.3 Å².